The molecule has 0 rings (SSSR count). The fourth-order valence-electron chi connectivity index (χ4n) is 0.305. The molecule has 58 valence electrons. The normalized spacial score (nSPS) is 16.8. The third-order valence-corrected chi connectivity index (χ3v) is 1.38. The Morgan fingerprint density at radius 3 is 1.89 bits per heavy atom. The third-order valence-electron chi connectivity index (χ3n) is 0.598. The molecule has 0 unspecified atom stereocenters. The summed E-state index contributed by atoms with van der Waals surface area (Å²) < 4.78 is 4.61. The Kier molecular flexibility index (Phi) is 2.56. The number of hydrogen-bond donors (Lipinski definition) is 3. The fraction of sp³-hybridized carbons (Fsp3) is 1.00. The molecule has 0 aromatic carbocycles. The van der Waals surface area contributed by atoms with E-state index in [1.165, 1.54) is 0 Å². The quantitative estimate of drug-likeness (QED) is 0.498. The van der Waals surface area contributed by atoms with Crippen LogP contribution >= 0.6 is 7.28 Å². The van der Waals surface area contributed by atoms with Crippen LogP contribution in [0.5, 0.6) is 0 Å². The SMILES string of the molecule is CCOCP(C)(O)(O)O. The van der Waals surface area contributed by atoms with E-state index in [2.05, 4.69) is 4.74 Å². The van der Waals surface area contributed by atoms with Gasteiger partial charge in [0, 0.05) is 0 Å². The summed E-state index contributed by atoms with van der Waals surface area (Å²) in [4.78, 5) is 26.2. The Morgan fingerprint density at radius 2 is 1.78 bits per heavy atom. The maximum atomic E-state index is 8.73. The van der Waals surface area contributed by atoms with Gasteiger partial charge < -0.3 is 0 Å². The van der Waals surface area contributed by atoms with Gasteiger partial charge in [-0.3, -0.25) is 0 Å². The van der Waals surface area contributed by atoms with Crippen LogP contribution < -0.4 is 0 Å². The van der Waals surface area contributed by atoms with Crippen molar-refractivity contribution in [1.29, 1.82) is 0 Å². The molecule has 0 aromatic rings. The molecule has 0 aliphatic rings. The second kappa shape index (κ2) is 2.48. The van der Waals surface area contributed by atoms with Gasteiger partial charge in [0.2, 0.25) is 0 Å². The van der Waals surface area contributed by atoms with Crippen LogP contribution in [0.4, 0.5) is 0 Å². The molecule has 0 radical (unpaired) electrons. The molecule has 0 aliphatic carbocycles. The summed E-state index contributed by atoms with van der Waals surface area (Å²) in [5, 5.41) is 0. The molecule has 5 heteroatoms. The van der Waals surface area contributed by atoms with E-state index >= 15 is 0 Å². The average molecular weight is 156 g/mol. The fourth-order valence-corrected chi connectivity index (χ4v) is 0.915. The van der Waals surface area contributed by atoms with E-state index in [9.17, 15) is 0 Å². The van der Waals surface area contributed by atoms with Gasteiger partial charge in [-0.2, -0.15) is 0 Å². The van der Waals surface area contributed by atoms with Gasteiger partial charge in [0.15, 0.2) is 0 Å². The minimum atomic E-state index is -4.35. The predicted molar refractivity (Wildman–Crippen MR) is 36.0 cm³/mol. The summed E-state index contributed by atoms with van der Waals surface area (Å²) in [7, 11) is -4.35. The second-order valence-corrected chi connectivity index (χ2v) is 5.71. The van der Waals surface area contributed by atoms with Crippen molar-refractivity contribution in [3.8, 4) is 0 Å². The van der Waals surface area contributed by atoms with E-state index in [-0.39, 0.29) is 6.35 Å². The van der Waals surface area contributed by atoms with E-state index in [1.807, 2.05) is 0 Å². The average Bonchev–Trinajstić information content (AvgIpc) is 1.57. The second-order valence-electron chi connectivity index (χ2n) is 2.23. The summed E-state index contributed by atoms with van der Waals surface area (Å²) >= 11 is 0. The Bertz CT molecular complexity index is 85.2. The van der Waals surface area contributed by atoms with Gasteiger partial charge in [-0.15, -0.1) is 0 Å². The van der Waals surface area contributed by atoms with Crippen molar-refractivity contribution in [1.82, 2.24) is 0 Å². The minimum absolute atomic E-state index is 0.368. The third kappa shape index (κ3) is 8.27. The molecular weight excluding hydrogens is 143 g/mol. The summed E-state index contributed by atoms with van der Waals surface area (Å²) in [6.45, 7) is 3.07. The zero-order valence-corrected chi connectivity index (χ0v) is 6.51. The number of ether oxygens (including phenoxy) is 1. The topological polar surface area (TPSA) is 69.9 Å². The summed E-state index contributed by atoms with van der Waals surface area (Å²) in [5.41, 5.74) is 0. The van der Waals surface area contributed by atoms with Crippen LogP contribution in [0.2, 0.25) is 0 Å². The molecule has 0 aliphatic heterocycles. The standard InChI is InChI=1S/C4H13O4P/c1-3-8-4-9(2,5,6)7/h5-7H,3-4H2,1-2H3. The number of hydrogen-bond acceptors (Lipinski definition) is 4. The van der Waals surface area contributed by atoms with Gasteiger partial charge in [-0.1, -0.05) is 0 Å². The van der Waals surface area contributed by atoms with Crippen LogP contribution in [-0.2, 0) is 4.74 Å². The summed E-state index contributed by atoms with van der Waals surface area (Å²) in [6, 6.07) is 0. The zero-order chi connectivity index (χ0) is 7.57. The molecule has 0 aromatic heterocycles. The Morgan fingerprint density at radius 1 is 1.33 bits per heavy atom. The molecule has 4 nitrogen and oxygen atoms in total. The van der Waals surface area contributed by atoms with Crippen LogP contribution in [0.25, 0.3) is 0 Å². The van der Waals surface area contributed by atoms with E-state index in [0.29, 0.717) is 6.61 Å². The Hall–Kier alpha value is 0.270. The zero-order valence-electron chi connectivity index (χ0n) is 5.61. The molecule has 0 spiro atoms. The van der Waals surface area contributed by atoms with Crippen LogP contribution in [0.3, 0.4) is 0 Å². The first-order valence-corrected chi connectivity index (χ1v) is 5.37. The van der Waals surface area contributed by atoms with Crippen molar-refractivity contribution in [2.24, 2.45) is 0 Å². The van der Waals surface area contributed by atoms with Crippen LogP contribution in [-0.4, -0.2) is 34.3 Å². The van der Waals surface area contributed by atoms with Crippen molar-refractivity contribution < 1.29 is 19.4 Å². The Balaban J connectivity index is 3.60. The predicted octanol–water partition coefficient (Wildman–Crippen LogP) is -0.115. The van der Waals surface area contributed by atoms with Crippen molar-refractivity contribution in [2.75, 3.05) is 19.6 Å². The van der Waals surface area contributed by atoms with E-state index in [1.54, 1.807) is 6.92 Å². The van der Waals surface area contributed by atoms with Gasteiger partial charge in [0.05, 0.1) is 0 Å². The first-order valence-electron chi connectivity index (χ1n) is 2.65. The van der Waals surface area contributed by atoms with Crippen molar-refractivity contribution >= 4 is 7.28 Å². The molecular formula is C4H13O4P. The molecule has 0 atom stereocenters. The number of rotatable bonds is 3. The van der Waals surface area contributed by atoms with Crippen LogP contribution in [0.1, 0.15) is 6.92 Å². The molecule has 0 saturated heterocycles. The van der Waals surface area contributed by atoms with Crippen molar-refractivity contribution in [2.45, 2.75) is 6.92 Å². The first-order chi connectivity index (χ1) is 3.81. The van der Waals surface area contributed by atoms with E-state index < -0.39 is 7.28 Å². The van der Waals surface area contributed by atoms with Gasteiger partial charge in [-0.05, 0) is 0 Å². The molecule has 0 saturated carbocycles. The summed E-state index contributed by atoms with van der Waals surface area (Å²) in [6.07, 6.45) is -0.373. The molecule has 3 N–H and O–H groups in total. The molecule has 9 heavy (non-hydrogen) atoms. The molecule has 0 heterocycles. The van der Waals surface area contributed by atoms with Gasteiger partial charge >= 0.3 is 53.2 Å². The molecule has 0 amide bonds. The van der Waals surface area contributed by atoms with E-state index in [0.717, 1.165) is 6.66 Å². The molecule has 0 fully saturated rings. The maximum absolute atomic E-state index is 8.73. The van der Waals surface area contributed by atoms with Gasteiger partial charge in [0.1, 0.15) is 0 Å². The summed E-state index contributed by atoms with van der Waals surface area (Å²) in [5.74, 6) is 0. The van der Waals surface area contributed by atoms with Crippen molar-refractivity contribution in [3.05, 3.63) is 0 Å². The monoisotopic (exact) mass is 156 g/mol. The van der Waals surface area contributed by atoms with Crippen LogP contribution in [0.15, 0.2) is 0 Å². The van der Waals surface area contributed by atoms with Crippen LogP contribution in [0, 0.1) is 0 Å². The molecule has 0 bridgehead atoms. The van der Waals surface area contributed by atoms with E-state index in [4.69, 9.17) is 14.7 Å². The van der Waals surface area contributed by atoms with Crippen molar-refractivity contribution in [3.63, 3.8) is 0 Å². The Labute approximate surface area is 54.3 Å². The van der Waals surface area contributed by atoms with Gasteiger partial charge in [0.25, 0.3) is 0 Å². The van der Waals surface area contributed by atoms with Gasteiger partial charge in [-0.25, -0.2) is 0 Å². The first kappa shape index (κ1) is 9.27.